The van der Waals surface area contributed by atoms with E-state index in [9.17, 15) is 4.79 Å². The van der Waals surface area contributed by atoms with Gasteiger partial charge in [0.2, 0.25) is 5.91 Å². The second-order valence-electron chi connectivity index (χ2n) is 2.58. The van der Waals surface area contributed by atoms with Gasteiger partial charge in [0.25, 0.3) is 0 Å². The molecule has 0 saturated heterocycles. The second-order valence-corrected chi connectivity index (χ2v) is 3.75. The standard InChI is InChI=1S/C7H9Cl2NO/c8-6(9)4-2-1-3-5(4)7(10)11/h1-2,4-6H,3H2,(H2,10,11)/t4-,5+/m0/s1. The number of carbonyl (C=O) groups is 1. The molecule has 0 spiro atoms. The average molecular weight is 194 g/mol. The summed E-state index contributed by atoms with van der Waals surface area (Å²) in [6.07, 6.45) is 4.40. The predicted molar refractivity (Wildman–Crippen MR) is 45.4 cm³/mol. The molecule has 0 fully saturated rings. The van der Waals surface area contributed by atoms with Crippen LogP contribution < -0.4 is 5.73 Å². The molecule has 4 heteroatoms. The Bertz CT molecular complexity index is 191. The van der Waals surface area contributed by atoms with Crippen LogP contribution in [-0.2, 0) is 4.79 Å². The Morgan fingerprint density at radius 3 is 2.64 bits per heavy atom. The van der Waals surface area contributed by atoms with Crippen LogP contribution >= 0.6 is 23.2 Å². The van der Waals surface area contributed by atoms with Crippen LogP contribution in [0.4, 0.5) is 0 Å². The van der Waals surface area contributed by atoms with Crippen LogP contribution in [0.5, 0.6) is 0 Å². The molecule has 0 unspecified atom stereocenters. The van der Waals surface area contributed by atoms with Gasteiger partial charge in [-0.05, 0) is 6.42 Å². The van der Waals surface area contributed by atoms with Gasteiger partial charge in [-0.1, -0.05) is 12.2 Å². The Hall–Kier alpha value is -0.210. The van der Waals surface area contributed by atoms with E-state index >= 15 is 0 Å². The average Bonchev–Trinajstić information content (AvgIpc) is 2.32. The predicted octanol–water partition coefficient (Wildman–Crippen LogP) is 1.47. The molecular weight excluding hydrogens is 185 g/mol. The van der Waals surface area contributed by atoms with Gasteiger partial charge in [-0.2, -0.15) is 0 Å². The summed E-state index contributed by atoms with van der Waals surface area (Å²) >= 11 is 11.3. The first-order valence-corrected chi connectivity index (χ1v) is 4.24. The highest BCUT2D eigenvalue weighted by Crippen LogP contribution is 2.32. The molecule has 0 aromatic heterocycles. The van der Waals surface area contributed by atoms with Gasteiger partial charge in [0.15, 0.2) is 0 Å². The number of primary amides is 1. The Balaban J connectivity index is 2.63. The van der Waals surface area contributed by atoms with Crippen LogP contribution in [0.3, 0.4) is 0 Å². The van der Waals surface area contributed by atoms with Crippen molar-refractivity contribution in [2.45, 2.75) is 11.3 Å². The molecule has 1 rings (SSSR count). The van der Waals surface area contributed by atoms with E-state index in [2.05, 4.69) is 0 Å². The molecule has 0 bridgehead atoms. The summed E-state index contributed by atoms with van der Waals surface area (Å²) < 4.78 is 0. The van der Waals surface area contributed by atoms with Crippen molar-refractivity contribution in [3.8, 4) is 0 Å². The summed E-state index contributed by atoms with van der Waals surface area (Å²) in [4.78, 5) is 10.2. The molecule has 0 heterocycles. The maximum absolute atomic E-state index is 10.8. The minimum Gasteiger partial charge on any atom is -0.369 e. The first kappa shape index (κ1) is 8.88. The molecule has 1 aliphatic rings. The van der Waals surface area contributed by atoms with E-state index in [0.29, 0.717) is 6.42 Å². The van der Waals surface area contributed by atoms with E-state index in [4.69, 9.17) is 28.9 Å². The Morgan fingerprint density at radius 2 is 2.27 bits per heavy atom. The van der Waals surface area contributed by atoms with Crippen LogP contribution in [0.2, 0.25) is 0 Å². The SMILES string of the molecule is NC(=O)[C@@H]1CC=C[C@@H]1C(Cl)Cl. The van der Waals surface area contributed by atoms with Crippen LogP contribution in [0, 0.1) is 11.8 Å². The highest BCUT2D eigenvalue weighted by molar-refractivity contribution is 6.44. The number of halogens is 2. The second kappa shape index (κ2) is 3.46. The third kappa shape index (κ3) is 1.88. The molecule has 0 aromatic rings. The molecular formula is C7H9Cl2NO. The molecule has 2 N–H and O–H groups in total. The van der Waals surface area contributed by atoms with Crippen LogP contribution in [0.1, 0.15) is 6.42 Å². The van der Waals surface area contributed by atoms with Gasteiger partial charge < -0.3 is 5.73 Å². The summed E-state index contributed by atoms with van der Waals surface area (Å²) in [6.45, 7) is 0. The number of hydrogen-bond donors (Lipinski definition) is 1. The lowest BCUT2D eigenvalue weighted by Crippen LogP contribution is -2.29. The molecule has 62 valence electrons. The number of carbonyl (C=O) groups excluding carboxylic acids is 1. The molecule has 0 aliphatic heterocycles. The maximum atomic E-state index is 10.8. The highest BCUT2D eigenvalue weighted by atomic mass is 35.5. The van der Waals surface area contributed by atoms with Crippen molar-refractivity contribution in [1.29, 1.82) is 0 Å². The Labute approximate surface area is 75.3 Å². The van der Waals surface area contributed by atoms with E-state index < -0.39 is 4.84 Å². The molecule has 2 atom stereocenters. The number of allylic oxidation sites excluding steroid dienone is 2. The monoisotopic (exact) mass is 193 g/mol. The molecule has 1 amide bonds. The van der Waals surface area contributed by atoms with Crippen molar-refractivity contribution in [3.05, 3.63) is 12.2 Å². The third-order valence-electron chi connectivity index (χ3n) is 1.87. The summed E-state index contributed by atoms with van der Waals surface area (Å²) in [7, 11) is 0. The zero-order valence-electron chi connectivity index (χ0n) is 5.84. The van der Waals surface area contributed by atoms with E-state index in [1.54, 1.807) is 0 Å². The summed E-state index contributed by atoms with van der Waals surface area (Å²) in [6, 6.07) is 0. The van der Waals surface area contributed by atoms with Gasteiger partial charge in [0.1, 0.15) is 4.84 Å². The van der Waals surface area contributed by atoms with Crippen molar-refractivity contribution < 1.29 is 4.79 Å². The van der Waals surface area contributed by atoms with Gasteiger partial charge >= 0.3 is 0 Å². The number of rotatable bonds is 2. The number of hydrogen-bond acceptors (Lipinski definition) is 1. The van der Waals surface area contributed by atoms with Crippen molar-refractivity contribution in [1.82, 2.24) is 0 Å². The van der Waals surface area contributed by atoms with Crippen molar-refractivity contribution >= 4 is 29.1 Å². The Kier molecular flexibility index (Phi) is 2.79. The molecule has 0 saturated carbocycles. The minimum absolute atomic E-state index is 0.101. The summed E-state index contributed by atoms with van der Waals surface area (Å²) in [5.41, 5.74) is 5.13. The van der Waals surface area contributed by atoms with Gasteiger partial charge in [0.05, 0.1) is 0 Å². The van der Waals surface area contributed by atoms with Crippen molar-refractivity contribution in [3.63, 3.8) is 0 Å². The quantitative estimate of drug-likeness (QED) is 0.524. The molecule has 0 radical (unpaired) electrons. The van der Waals surface area contributed by atoms with Crippen LogP contribution in [0.15, 0.2) is 12.2 Å². The molecule has 11 heavy (non-hydrogen) atoms. The van der Waals surface area contributed by atoms with Crippen LogP contribution in [0.25, 0.3) is 0 Å². The zero-order valence-corrected chi connectivity index (χ0v) is 7.35. The molecule has 0 aromatic carbocycles. The lowest BCUT2D eigenvalue weighted by molar-refractivity contribution is -0.122. The van der Waals surface area contributed by atoms with E-state index in [-0.39, 0.29) is 17.7 Å². The fourth-order valence-corrected chi connectivity index (χ4v) is 1.76. The van der Waals surface area contributed by atoms with Gasteiger partial charge in [-0.3, -0.25) is 4.79 Å². The van der Waals surface area contributed by atoms with Gasteiger partial charge in [-0.15, -0.1) is 23.2 Å². The highest BCUT2D eigenvalue weighted by Gasteiger charge is 2.31. The normalized spacial score (nSPS) is 29.7. The number of alkyl halides is 2. The first-order valence-electron chi connectivity index (χ1n) is 3.37. The number of amides is 1. The third-order valence-corrected chi connectivity index (χ3v) is 2.45. The topological polar surface area (TPSA) is 43.1 Å². The first-order chi connectivity index (χ1) is 5.13. The minimum atomic E-state index is -0.536. The fourth-order valence-electron chi connectivity index (χ4n) is 1.24. The lowest BCUT2D eigenvalue weighted by atomic mass is 9.97. The van der Waals surface area contributed by atoms with Crippen LogP contribution in [-0.4, -0.2) is 10.7 Å². The van der Waals surface area contributed by atoms with E-state index in [1.165, 1.54) is 0 Å². The maximum Gasteiger partial charge on any atom is 0.221 e. The van der Waals surface area contributed by atoms with E-state index in [1.807, 2.05) is 12.2 Å². The smallest absolute Gasteiger partial charge is 0.221 e. The zero-order chi connectivity index (χ0) is 8.43. The van der Waals surface area contributed by atoms with Crippen molar-refractivity contribution in [2.24, 2.45) is 17.6 Å². The summed E-state index contributed by atoms with van der Waals surface area (Å²) in [5, 5.41) is 0. The number of nitrogens with two attached hydrogens (primary N) is 1. The summed E-state index contributed by atoms with van der Waals surface area (Å²) in [5.74, 6) is -0.642. The van der Waals surface area contributed by atoms with Crippen molar-refractivity contribution in [2.75, 3.05) is 0 Å². The van der Waals surface area contributed by atoms with E-state index in [0.717, 1.165) is 0 Å². The molecule has 2 nitrogen and oxygen atoms in total. The van der Waals surface area contributed by atoms with Gasteiger partial charge in [-0.25, -0.2) is 0 Å². The van der Waals surface area contributed by atoms with Gasteiger partial charge in [0, 0.05) is 11.8 Å². The molecule has 1 aliphatic carbocycles. The Morgan fingerprint density at radius 1 is 1.64 bits per heavy atom. The lowest BCUT2D eigenvalue weighted by Gasteiger charge is -2.16. The fraction of sp³-hybridized carbons (Fsp3) is 0.571. The largest absolute Gasteiger partial charge is 0.369 e.